The molecule has 63 heavy (non-hydrogen) atoms. The second-order valence-corrected chi connectivity index (χ2v) is 19.8. The molecule has 0 heterocycles. The van der Waals surface area contributed by atoms with Gasteiger partial charge in [-0.15, -0.1) is 0 Å². The van der Waals surface area contributed by atoms with Crippen LogP contribution in [0.25, 0.3) is 0 Å². The van der Waals surface area contributed by atoms with Crippen molar-refractivity contribution in [1.82, 2.24) is 0 Å². The highest BCUT2D eigenvalue weighted by atomic mass is 16.6. The number of carbonyl (C=O) groups is 3. The summed E-state index contributed by atoms with van der Waals surface area (Å²) in [6.07, 6.45) is 52.5. The summed E-state index contributed by atoms with van der Waals surface area (Å²) in [6.45, 7) is 4.71. The van der Waals surface area contributed by atoms with Crippen LogP contribution >= 0.6 is 0 Å². The smallest absolute Gasteiger partial charge is 0.306 e. The minimum absolute atomic E-state index is 0.0452. The zero-order valence-electron chi connectivity index (χ0n) is 42.5. The molecular weight excluding hydrogens is 787 g/mol. The van der Waals surface area contributed by atoms with Gasteiger partial charge in [0.15, 0.2) is 6.10 Å². The number of likely N-dealkylation sites (N-methyl/N-ethyl adjacent to an activating group) is 1. The van der Waals surface area contributed by atoms with Crippen LogP contribution in [-0.4, -0.2) is 75.5 Å². The van der Waals surface area contributed by atoms with Gasteiger partial charge >= 0.3 is 11.9 Å². The molecule has 2 unspecified atom stereocenters. The van der Waals surface area contributed by atoms with Crippen molar-refractivity contribution < 1.29 is 38.2 Å². The predicted molar refractivity (Wildman–Crippen MR) is 264 cm³/mol. The number of rotatable bonds is 50. The number of quaternary nitrogens is 1. The van der Waals surface area contributed by atoms with E-state index in [1.54, 1.807) is 0 Å². The number of carboxylic acids is 1. The summed E-state index contributed by atoms with van der Waals surface area (Å²) in [7, 11) is 5.43. The van der Waals surface area contributed by atoms with E-state index >= 15 is 0 Å². The first kappa shape index (κ1) is 61.1. The van der Waals surface area contributed by atoms with Crippen molar-refractivity contribution in [2.24, 2.45) is 0 Å². The molecule has 0 N–H and O–H groups in total. The monoisotopic (exact) mass is 892 g/mol. The Kier molecular flexibility index (Phi) is 45.2. The molecular formula is C55H105NO7. The first-order valence-corrected chi connectivity index (χ1v) is 27.2. The SMILES string of the molecule is CCCCCCCCCCCCCC/C=C/CCCCCCCCCC(=O)OC(COCCC(C(=O)[O-])[N+](C)(C)C)COC(=O)CCCCCCCCCCCCCCCCCC. The van der Waals surface area contributed by atoms with Crippen molar-refractivity contribution in [3.63, 3.8) is 0 Å². The minimum Gasteiger partial charge on any atom is -0.544 e. The molecule has 0 amide bonds. The van der Waals surface area contributed by atoms with Crippen molar-refractivity contribution in [2.45, 2.75) is 283 Å². The summed E-state index contributed by atoms with van der Waals surface area (Å²) in [4.78, 5) is 37.1. The number of carboxylic acid groups (broad SMARTS) is 1. The van der Waals surface area contributed by atoms with Crippen molar-refractivity contribution in [3.05, 3.63) is 12.2 Å². The lowest BCUT2D eigenvalue weighted by molar-refractivity contribution is -0.889. The fourth-order valence-corrected chi connectivity index (χ4v) is 8.42. The summed E-state index contributed by atoms with van der Waals surface area (Å²) in [5.41, 5.74) is 0. The largest absolute Gasteiger partial charge is 0.544 e. The van der Waals surface area contributed by atoms with Crippen LogP contribution < -0.4 is 5.11 Å². The third kappa shape index (κ3) is 45.0. The first-order chi connectivity index (χ1) is 30.6. The molecule has 0 spiro atoms. The Labute approximate surface area is 390 Å². The number of esters is 2. The molecule has 0 aromatic rings. The minimum atomic E-state index is -1.12. The van der Waals surface area contributed by atoms with Crippen LogP contribution in [0.2, 0.25) is 0 Å². The van der Waals surface area contributed by atoms with Gasteiger partial charge in [-0.1, -0.05) is 225 Å². The second-order valence-electron chi connectivity index (χ2n) is 19.8. The van der Waals surface area contributed by atoms with Crippen molar-refractivity contribution in [3.8, 4) is 0 Å². The topological polar surface area (TPSA) is 102 Å². The Morgan fingerprint density at radius 2 is 0.794 bits per heavy atom. The summed E-state index contributed by atoms with van der Waals surface area (Å²) in [6, 6.07) is -0.723. The fourth-order valence-electron chi connectivity index (χ4n) is 8.42. The lowest BCUT2D eigenvalue weighted by Crippen LogP contribution is -2.55. The van der Waals surface area contributed by atoms with Crippen molar-refractivity contribution in [2.75, 3.05) is 41.0 Å². The first-order valence-electron chi connectivity index (χ1n) is 27.2. The summed E-state index contributed by atoms with van der Waals surface area (Å²) in [5, 5.41) is 11.7. The summed E-state index contributed by atoms with van der Waals surface area (Å²) >= 11 is 0. The highest BCUT2D eigenvalue weighted by Crippen LogP contribution is 2.17. The number of nitrogens with zero attached hydrogens (tertiary/aromatic N) is 1. The van der Waals surface area contributed by atoms with Crippen molar-refractivity contribution in [1.29, 1.82) is 0 Å². The van der Waals surface area contributed by atoms with E-state index in [0.717, 1.165) is 38.5 Å². The van der Waals surface area contributed by atoms with E-state index in [1.165, 1.54) is 199 Å². The van der Waals surface area contributed by atoms with E-state index in [1.807, 2.05) is 21.1 Å². The van der Waals surface area contributed by atoms with Crippen LogP contribution in [0.3, 0.4) is 0 Å². The molecule has 2 atom stereocenters. The highest BCUT2D eigenvalue weighted by molar-refractivity contribution is 5.70. The number of allylic oxidation sites excluding steroid dienone is 2. The van der Waals surface area contributed by atoms with E-state index < -0.39 is 18.1 Å². The van der Waals surface area contributed by atoms with Crippen LogP contribution in [0.4, 0.5) is 0 Å². The standard InChI is InChI=1S/C55H105NO7/c1-6-8-10-12-14-16-18-20-22-24-25-26-27-28-29-30-32-34-36-38-40-42-44-46-54(58)63-51(49-61-48-47-52(55(59)60)56(3,4)5)50-62-53(57)45-43-41-39-37-35-33-31-23-21-19-17-15-13-11-9-7-2/h28-29,51-52H,6-27,30-50H2,1-5H3/b29-28+. The van der Waals surface area contributed by atoms with Gasteiger partial charge in [-0.2, -0.15) is 0 Å². The number of unbranched alkanes of at least 4 members (excludes halogenated alkanes) is 34. The molecule has 0 saturated heterocycles. The third-order valence-corrected chi connectivity index (χ3v) is 12.7. The van der Waals surface area contributed by atoms with Crippen molar-refractivity contribution >= 4 is 17.9 Å². The van der Waals surface area contributed by atoms with E-state index in [2.05, 4.69) is 26.0 Å². The van der Waals surface area contributed by atoms with E-state index in [-0.39, 0.29) is 42.7 Å². The maximum absolute atomic E-state index is 12.8. The fraction of sp³-hybridized carbons (Fsp3) is 0.909. The molecule has 0 rings (SSSR count). The zero-order valence-corrected chi connectivity index (χ0v) is 42.5. The molecule has 0 aromatic heterocycles. The average Bonchev–Trinajstić information content (AvgIpc) is 3.24. The van der Waals surface area contributed by atoms with Gasteiger partial charge in [0.05, 0.1) is 40.3 Å². The molecule has 8 heteroatoms. The van der Waals surface area contributed by atoms with Crippen LogP contribution in [0.1, 0.15) is 271 Å². The average molecular weight is 892 g/mol. The van der Waals surface area contributed by atoms with Gasteiger partial charge in [-0.05, 0) is 38.5 Å². The molecule has 0 aliphatic carbocycles. The Bertz CT molecular complexity index is 1040. The third-order valence-electron chi connectivity index (χ3n) is 12.7. The summed E-state index contributed by atoms with van der Waals surface area (Å²) < 4.78 is 17.3. The van der Waals surface area contributed by atoms with Crippen LogP contribution in [-0.2, 0) is 28.6 Å². The van der Waals surface area contributed by atoms with E-state index in [9.17, 15) is 19.5 Å². The molecule has 0 radical (unpaired) electrons. The zero-order chi connectivity index (χ0) is 46.3. The maximum Gasteiger partial charge on any atom is 0.306 e. The molecule has 8 nitrogen and oxygen atoms in total. The number of aliphatic carboxylic acids is 1. The highest BCUT2D eigenvalue weighted by Gasteiger charge is 2.25. The van der Waals surface area contributed by atoms with Gasteiger partial charge in [0, 0.05) is 19.3 Å². The molecule has 0 aliphatic rings. The van der Waals surface area contributed by atoms with Gasteiger partial charge < -0.3 is 28.6 Å². The lowest BCUT2D eigenvalue weighted by Gasteiger charge is -2.34. The van der Waals surface area contributed by atoms with Gasteiger partial charge in [-0.25, -0.2) is 0 Å². The quantitative estimate of drug-likeness (QED) is 0.0259. The Morgan fingerprint density at radius 3 is 1.14 bits per heavy atom. The molecule has 0 fully saturated rings. The second kappa shape index (κ2) is 46.6. The number of carbonyl (C=O) groups excluding carboxylic acids is 3. The number of ether oxygens (including phenoxy) is 3. The predicted octanol–water partition coefficient (Wildman–Crippen LogP) is 14.5. The van der Waals surface area contributed by atoms with Gasteiger partial charge in [0.25, 0.3) is 0 Å². The molecule has 0 saturated carbocycles. The normalized spacial score (nSPS) is 12.8. The van der Waals surface area contributed by atoms with Crippen LogP contribution in [0, 0.1) is 0 Å². The molecule has 0 aliphatic heterocycles. The molecule has 0 aromatic carbocycles. The van der Waals surface area contributed by atoms with E-state index in [0.29, 0.717) is 12.8 Å². The molecule has 372 valence electrons. The van der Waals surface area contributed by atoms with Gasteiger partial charge in [0.1, 0.15) is 12.6 Å². The van der Waals surface area contributed by atoms with Crippen LogP contribution in [0.5, 0.6) is 0 Å². The van der Waals surface area contributed by atoms with Gasteiger partial charge in [0.2, 0.25) is 0 Å². The Hall–Kier alpha value is -1.93. The summed E-state index contributed by atoms with van der Waals surface area (Å²) in [5.74, 6) is -1.72. The van der Waals surface area contributed by atoms with E-state index in [4.69, 9.17) is 14.2 Å². The van der Waals surface area contributed by atoms with Gasteiger partial charge in [-0.3, -0.25) is 9.59 Å². The number of hydrogen-bond donors (Lipinski definition) is 0. The Balaban J connectivity index is 4.17. The lowest BCUT2D eigenvalue weighted by atomic mass is 10.0. The molecule has 0 bridgehead atoms. The van der Waals surface area contributed by atoms with Crippen LogP contribution in [0.15, 0.2) is 12.2 Å². The maximum atomic E-state index is 12.8. The number of hydrogen-bond acceptors (Lipinski definition) is 7. The Morgan fingerprint density at radius 1 is 0.460 bits per heavy atom.